The Labute approximate surface area is 166 Å². The molecule has 4 rings (SSSR count). The molecule has 1 heterocycles. The number of thioether (sulfide) groups is 1. The molecule has 2 N–H and O–H groups in total. The maximum atomic E-state index is 14.5. The number of hydrogen-bond acceptors (Lipinski definition) is 4. The summed E-state index contributed by atoms with van der Waals surface area (Å²) in [6, 6.07) is 11.3. The van der Waals surface area contributed by atoms with Gasteiger partial charge in [-0.25, -0.2) is 13.8 Å². The Morgan fingerprint density at radius 3 is 2.86 bits per heavy atom. The molecular weight excluding hydrogens is 380 g/mol. The standard InChI is InChI=1S/C21H21F2N3OS/c1-13(27)26-21(28-20(25-26)17-12-16(22)8-9-19(17)23)15(10-11-24)7-6-14-4-2-3-5-18(14)21/h2-5,8-9,12,15H,6-7,10-11,24H2,1H3/t15-,21+/m0/s1. The maximum absolute atomic E-state index is 14.5. The SMILES string of the molecule is CC(=O)N1N=C(c2cc(F)ccc2F)S[C@]12c1ccccc1CC[C@H]2CCN. The Kier molecular flexibility index (Phi) is 4.97. The summed E-state index contributed by atoms with van der Waals surface area (Å²) in [5.41, 5.74) is 8.09. The van der Waals surface area contributed by atoms with Gasteiger partial charge in [0.2, 0.25) is 5.91 Å². The van der Waals surface area contributed by atoms with E-state index in [1.165, 1.54) is 23.7 Å². The number of carbonyl (C=O) groups excluding carboxylic acids is 1. The van der Waals surface area contributed by atoms with Crippen LogP contribution in [0.4, 0.5) is 8.78 Å². The molecule has 146 valence electrons. The van der Waals surface area contributed by atoms with Crippen molar-refractivity contribution in [3.05, 3.63) is 70.8 Å². The van der Waals surface area contributed by atoms with Crippen molar-refractivity contribution in [1.82, 2.24) is 5.01 Å². The molecule has 0 radical (unpaired) electrons. The Hall–Kier alpha value is -2.25. The largest absolute Gasteiger partial charge is 0.330 e. The summed E-state index contributed by atoms with van der Waals surface area (Å²) in [5, 5.41) is 6.25. The van der Waals surface area contributed by atoms with E-state index in [-0.39, 0.29) is 17.4 Å². The molecule has 2 aliphatic rings. The summed E-state index contributed by atoms with van der Waals surface area (Å²) >= 11 is 1.33. The number of benzene rings is 2. The van der Waals surface area contributed by atoms with E-state index in [2.05, 4.69) is 11.2 Å². The molecule has 1 spiro atoms. The number of hydrogen-bond donors (Lipinski definition) is 1. The minimum Gasteiger partial charge on any atom is -0.330 e. The fraction of sp³-hybridized carbons (Fsp3) is 0.333. The van der Waals surface area contributed by atoms with Crippen LogP contribution < -0.4 is 5.73 Å². The molecule has 0 saturated carbocycles. The number of aryl methyl sites for hydroxylation is 1. The van der Waals surface area contributed by atoms with Crippen LogP contribution in [0.15, 0.2) is 47.6 Å². The molecule has 0 fully saturated rings. The number of amides is 1. The number of carbonyl (C=O) groups is 1. The zero-order valence-electron chi connectivity index (χ0n) is 15.5. The van der Waals surface area contributed by atoms with Gasteiger partial charge in [-0.05, 0) is 61.1 Å². The van der Waals surface area contributed by atoms with Crippen LogP contribution in [-0.4, -0.2) is 22.5 Å². The van der Waals surface area contributed by atoms with Gasteiger partial charge in [0.15, 0.2) is 0 Å². The lowest BCUT2D eigenvalue weighted by Gasteiger charge is -2.45. The van der Waals surface area contributed by atoms with E-state index in [4.69, 9.17) is 5.73 Å². The van der Waals surface area contributed by atoms with E-state index in [0.29, 0.717) is 18.0 Å². The summed E-state index contributed by atoms with van der Waals surface area (Å²) in [4.78, 5) is 11.8. The number of rotatable bonds is 3. The molecule has 0 aromatic heterocycles. The average molecular weight is 401 g/mol. The minimum atomic E-state index is -0.797. The molecule has 2 atom stereocenters. The summed E-state index contributed by atoms with van der Waals surface area (Å²) in [7, 11) is 0. The Bertz CT molecular complexity index is 964. The fourth-order valence-corrected chi connectivity index (χ4v) is 5.90. The number of fused-ring (bicyclic) bond motifs is 2. The van der Waals surface area contributed by atoms with Gasteiger partial charge >= 0.3 is 0 Å². The number of halogens is 2. The van der Waals surface area contributed by atoms with E-state index < -0.39 is 16.5 Å². The topological polar surface area (TPSA) is 58.7 Å². The Morgan fingerprint density at radius 2 is 2.11 bits per heavy atom. The van der Waals surface area contributed by atoms with Crippen molar-refractivity contribution in [2.75, 3.05) is 6.54 Å². The van der Waals surface area contributed by atoms with Crippen LogP contribution >= 0.6 is 11.8 Å². The van der Waals surface area contributed by atoms with Crippen LogP contribution in [0.2, 0.25) is 0 Å². The minimum absolute atomic E-state index is 0.0548. The van der Waals surface area contributed by atoms with E-state index in [0.717, 1.165) is 42.2 Å². The highest BCUT2D eigenvalue weighted by molar-refractivity contribution is 8.15. The van der Waals surface area contributed by atoms with Crippen LogP contribution in [0.3, 0.4) is 0 Å². The lowest BCUT2D eigenvalue weighted by atomic mass is 9.77. The normalized spacial score (nSPS) is 23.6. The first-order valence-corrected chi connectivity index (χ1v) is 10.1. The average Bonchev–Trinajstić information content (AvgIpc) is 3.08. The van der Waals surface area contributed by atoms with Gasteiger partial charge in [-0.1, -0.05) is 36.0 Å². The first-order chi connectivity index (χ1) is 13.5. The molecule has 1 aliphatic heterocycles. The molecule has 7 heteroatoms. The number of hydrazone groups is 1. The van der Waals surface area contributed by atoms with Crippen molar-refractivity contribution in [3.8, 4) is 0 Å². The van der Waals surface area contributed by atoms with Crippen molar-refractivity contribution in [3.63, 3.8) is 0 Å². The number of nitrogens with two attached hydrogens (primary N) is 1. The quantitative estimate of drug-likeness (QED) is 0.846. The van der Waals surface area contributed by atoms with E-state index in [9.17, 15) is 13.6 Å². The molecule has 1 aliphatic carbocycles. The van der Waals surface area contributed by atoms with Crippen LogP contribution in [-0.2, 0) is 16.1 Å². The van der Waals surface area contributed by atoms with Gasteiger partial charge in [0, 0.05) is 12.5 Å². The molecule has 0 bridgehead atoms. The lowest BCUT2D eigenvalue weighted by Crippen LogP contribution is -2.49. The monoisotopic (exact) mass is 401 g/mol. The highest BCUT2D eigenvalue weighted by atomic mass is 32.2. The third-order valence-electron chi connectivity index (χ3n) is 5.45. The van der Waals surface area contributed by atoms with Crippen LogP contribution in [0.1, 0.15) is 36.5 Å². The predicted octanol–water partition coefficient (Wildman–Crippen LogP) is 3.99. The van der Waals surface area contributed by atoms with Crippen LogP contribution in [0.25, 0.3) is 0 Å². The van der Waals surface area contributed by atoms with Crippen molar-refractivity contribution < 1.29 is 13.6 Å². The van der Waals surface area contributed by atoms with E-state index >= 15 is 0 Å². The summed E-state index contributed by atoms with van der Waals surface area (Å²) in [6.07, 6.45) is 2.44. The second-order valence-corrected chi connectivity index (χ2v) is 8.34. The highest BCUT2D eigenvalue weighted by Gasteiger charge is 2.55. The summed E-state index contributed by atoms with van der Waals surface area (Å²) < 4.78 is 28.3. The van der Waals surface area contributed by atoms with Crippen molar-refractivity contribution >= 4 is 22.7 Å². The first kappa shape index (κ1) is 19.1. The van der Waals surface area contributed by atoms with Crippen LogP contribution in [0, 0.1) is 17.6 Å². The lowest BCUT2D eigenvalue weighted by molar-refractivity contribution is -0.134. The molecule has 2 aromatic carbocycles. The van der Waals surface area contributed by atoms with Gasteiger partial charge in [-0.3, -0.25) is 4.79 Å². The van der Waals surface area contributed by atoms with Gasteiger partial charge in [0.1, 0.15) is 21.5 Å². The zero-order valence-corrected chi connectivity index (χ0v) is 16.3. The van der Waals surface area contributed by atoms with Gasteiger partial charge in [0.05, 0.1) is 0 Å². The third-order valence-corrected chi connectivity index (χ3v) is 6.98. The zero-order chi connectivity index (χ0) is 19.9. The van der Waals surface area contributed by atoms with Crippen molar-refractivity contribution in [2.45, 2.75) is 31.1 Å². The molecule has 2 aromatic rings. The second-order valence-electron chi connectivity index (χ2n) is 7.13. The molecular formula is C21H21F2N3OS. The fourth-order valence-electron chi connectivity index (χ4n) is 4.25. The van der Waals surface area contributed by atoms with Gasteiger partial charge in [-0.15, -0.1) is 0 Å². The molecule has 0 unspecified atom stereocenters. The second kappa shape index (κ2) is 7.29. The molecule has 28 heavy (non-hydrogen) atoms. The molecule has 4 nitrogen and oxygen atoms in total. The predicted molar refractivity (Wildman–Crippen MR) is 107 cm³/mol. The van der Waals surface area contributed by atoms with E-state index in [1.54, 1.807) is 0 Å². The molecule has 1 amide bonds. The summed E-state index contributed by atoms with van der Waals surface area (Å²) in [6.45, 7) is 1.93. The molecule has 0 saturated heterocycles. The van der Waals surface area contributed by atoms with Gasteiger partial charge in [0.25, 0.3) is 0 Å². The van der Waals surface area contributed by atoms with E-state index in [1.807, 2.05) is 18.2 Å². The van der Waals surface area contributed by atoms with Crippen LogP contribution in [0.5, 0.6) is 0 Å². The Morgan fingerprint density at radius 1 is 1.32 bits per heavy atom. The maximum Gasteiger partial charge on any atom is 0.241 e. The number of nitrogens with zero attached hydrogens (tertiary/aromatic N) is 2. The summed E-state index contributed by atoms with van der Waals surface area (Å²) in [5.74, 6) is -1.29. The highest BCUT2D eigenvalue weighted by Crippen LogP contribution is 2.57. The van der Waals surface area contributed by atoms with Gasteiger partial charge < -0.3 is 5.73 Å². The van der Waals surface area contributed by atoms with Gasteiger partial charge in [-0.2, -0.15) is 5.10 Å². The first-order valence-electron chi connectivity index (χ1n) is 9.29. The smallest absolute Gasteiger partial charge is 0.241 e. The third kappa shape index (κ3) is 2.93. The van der Waals surface area contributed by atoms with Crippen molar-refractivity contribution in [2.24, 2.45) is 16.8 Å². The Balaban J connectivity index is 1.89. The van der Waals surface area contributed by atoms with Crippen molar-refractivity contribution in [1.29, 1.82) is 0 Å².